The van der Waals surface area contributed by atoms with Crippen LogP contribution in [0, 0.1) is 13.8 Å². The highest BCUT2D eigenvalue weighted by Gasteiger charge is 2.13. The van der Waals surface area contributed by atoms with Crippen LogP contribution >= 0.6 is 0 Å². The minimum atomic E-state index is -0.158. The van der Waals surface area contributed by atoms with Gasteiger partial charge in [0.05, 0.1) is 6.54 Å². The van der Waals surface area contributed by atoms with Crippen LogP contribution in [0.25, 0.3) is 0 Å². The van der Waals surface area contributed by atoms with Gasteiger partial charge in [-0.05, 0) is 48.6 Å². The van der Waals surface area contributed by atoms with E-state index in [1.165, 1.54) is 11.1 Å². The maximum absolute atomic E-state index is 11.9. The van der Waals surface area contributed by atoms with Gasteiger partial charge in [0.15, 0.2) is 6.61 Å². The molecule has 0 aliphatic heterocycles. The monoisotopic (exact) mass is 355 g/mol. The van der Waals surface area contributed by atoms with E-state index in [-0.39, 0.29) is 17.9 Å². The lowest BCUT2D eigenvalue weighted by molar-refractivity contribution is -0.123. The first-order valence-electron chi connectivity index (χ1n) is 8.96. The molecule has 1 amide bonds. The van der Waals surface area contributed by atoms with Crippen LogP contribution in [0.2, 0.25) is 0 Å². The van der Waals surface area contributed by atoms with Gasteiger partial charge in [-0.3, -0.25) is 4.79 Å². The molecule has 0 heterocycles. The third kappa shape index (κ3) is 6.10. The SMILES string of the molecule is Cc1ccc(OCCNC(=O)COc2ccc(C(C)(C)C)cc2)c(C)c1. The van der Waals surface area contributed by atoms with Crippen LogP contribution in [0.4, 0.5) is 0 Å². The van der Waals surface area contributed by atoms with Gasteiger partial charge in [0, 0.05) is 0 Å². The third-order valence-corrected chi connectivity index (χ3v) is 4.10. The Kier molecular flexibility index (Phi) is 6.67. The molecule has 0 atom stereocenters. The number of hydrogen-bond donors (Lipinski definition) is 1. The molecule has 0 spiro atoms. The molecule has 0 aliphatic carbocycles. The van der Waals surface area contributed by atoms with Crippen LogP contribution in [0.5, 0.6) is 11.5 Å². The van der Waals surface area contributed by atoms with Crippen molar-refractivity contribution in [2.24, 2.45) is 0 Å². The summed E-state index contributed by atoms with van der Waals surface area (Å²) in [7, 11) is 0. The molecule has 2 rings (SSSR count). The van der Waals surface area contributed by atoms with E-state index in [1.807, 2.05) is 50.2 Å². The van der Waals surface area contributed by atoms with Gasteiger partial charge in [-0.1, -0.05) is 50.6 Å². The Morgan fingerprint density at radius 3 is 2.31 bits per heavy atom. The van der Waals surface area contributed by atoms with Gasteiger partial charge < -0.3 is 14.8 Å². The summed E-state index contributed by atoms with van der Waals surface area (Å²) < 4.78 is 11.2. The van der Waals surface area contributed by atoms with Crippen molar-refractivity contribution in [1.29, 1.82) is 0 Å². The average molecular weight is 355 g/mol. The minimum Gasteiger partial charge on any atom is -0.491 e. The second-order valence-electron chi connectivity index (χ2n) is 7.53. The first kappa shape index (κ1) is 19.8. The summed E-state index contributed by atoms with van der Waals surface area (Å²) in [5.74, 6) is 1.38. The summed E-state index contributed by atoms with van der Waals surface area (Å²) in [6.07, 6.45) is 0. The van der Waals surface area contributed by atoms with Gasteiger partial charge in [-0.15, -0.1) is 0 Å². The largest absolute Gasteiger partial charge is 0.491 e. The second kappa shape index (κ2) is 8.75. The molecule has 0 aromatic heterocycles. The first-order valence-corrected chi connectivity index (χ1v) is 8.96. The van der Waals surface area contributed by atoms with Gasteiger partial charge >= 0.3 is 0 Å². The van der Waals surface area contributed by atoms with Crippen molar-refractivity contribution < 1.29 is 14.3 Å². The quantitative estimate of drug-likeness (QED) is 0.758. The fourth-order valence-electron chi connectivity index (χ4n) is 2.56. The van der Waals surface area contributed by atoms with Crippen LogP contribution in [-0.2, 0) is 10.2 Å². The Morgan fingerprint density at radius 2 is 1.69 bits per heavy atom. The van der Waals surface area contributed by atoms with E-state index in [4.69, 9.17) is 9.47 Å². The fraction of sp³-hybridized carbons (Fsp3) is 0.409. The predicted octanol–water partition coefficient (Wildman–Crippen LogP) is 4.17. The smallest absolute Gasteiger partial charge is 0.258 e. The number of nitrogens with one attached hydrogen (secondary N) is 1. The van der Waals surface area contributed by atoms with Crippen molar-refractivity contribution in [2.75, 3.05) is 19.8 Å². The molecule has 0 saturated carbocycles. The topological polar surface area (TPSA) is 47.6 Å². The molecular weight excluding hydrogens is 326 g/mol. The first-order chi connectivity index (χ1) is 12.3. The minimum absolute atomic E-state index is 0.00156. The highest BCUT2D eigenvalue weighted by Crippen LogP contribution is 2.24. The highest BCUT2D eigenvalue weighted by atomic mass is 16.5. The summed E-state index contributed by atoms with van der Waals surface area (Å²) in [5.41, 5.74) is 3.64. The molecule has 26 heavy (non-hydrogen) atoms. The molecule has 140 valence electrons. The van der Waals surface area contributed by atoms with E-state index in [0.29, 0.717) is 18.9 Å². The molecular formula is C22H29NO3. The van der Waals surface area contributed by atoms with Gasteiger partial charge in [0.25, 0.3) is 5.91 Å². The Morgan fingerprint density at radius 1 is 1.00 bits per heavy atom. The third-order valence-electron chi connectivity index (χ3n) is 4.10. The standard InChI is InChI=1S/C22H29NO3/c1-16-6-11-20(17(2)14-16)25-13-12-23-21(24)15-26-19-9-7-18(8-10-19)22(3,4)5/h6-11,14H,12-13,15H2,1-5H3,(H,23,24). The maximum atomic E-state index is 11.9. The zero-order chi connectivity index (χ0) is 19.2. The number of hydrogen-bond acceptors (Lipinski definition) is 3. The molecule has 1 N–H and O–H groups in total. The van der Waals surface area contributed by atoms with E-state index in [9.17, 15) is 4.79 Å². The summed E-state index contributed by atoms with van der Waals surface area (Å²) in [4.78, 5) is 11.9. The van der Waals surface area contributed by atoms with Crippen molar-refractivity contribution >= 4 is 5.91 Å². The molecule has 0 bridgehead atoms. The average Bonchev–Trinajstić information content (AvgIpc) is 2.58. The summed E-state index contributed by atoms with van der Waals surface area (Å²) in [6, 6.07) is 13.9. The molecule has 0 unspecified atom stereocenters. The lowest BCUT2D eigenvalue weighted by atomic mass is 9.87. The molecule has 2 aromatic rings. The fourth-order valence-corrected chi connectivity index (χ4v) is 2.56. The zero-order valence-corrected chi connectivity index (χ0v) is 16.4. The van der Waals surface area contributed by atoms with Crippen LogP contribution in [0.3, 0.4) is 0 Å². The number of benzene rings is 2. The molecule has 0 aliphatic rings. The van der Waals surface area contributed by atoms with Crippen LogP contribution in [0.1, 0.15) is 37.5 Å². The van der Waals surface area contributed by atoms with Gasteiger partial charge in [-0.25, -0.2) is 0 Å². The molecule has 4 nitrogen and oxygen atoms in total. The number of amides is 1. The van der Waals surface area contributed by atoms with Crippen molar-refractivity contribution in [1.82, 2.24) is 5.32 Å². The van der Waals surface area contributed by atoms with E-state index >= 15 is 0 Å². The van der Waals surface area contributed by atoms with Crippen LogP contribution in [-0.4, -0.2) is 25.7 Å². The zero-order valence-electron chi connectivity index (χ0n) is 16.4. The second-order valence-corrected chi connectivity index (χ2v) is 7.53. The Hall–Kier alpha value is -2.49. The van der Waals surface area contributed by atoms with Gasteiger partial charge in [0.1, 0.15) is 18.1 Å². The van der Waals surface area contributed by atoms with E-state index < -0.39 is 0 Å². The van der Waals surface area contributed by atoms with E-state index in [0.717, 1.165) is 11.3 Å². The highest BCUT2D eigenvalue weighted by molar-refractivity contribution is 5.77. The molecule has 0 saturated heterocycles. The van der Waals surface area contributed by atoms with Gasteiger partial charge in [-0.2, -0.15) is 0 Å². The number of ether oxygens (including phenoxy) is 2. The number of carbonyl (C=O) groups is 1. The van der Waals surface area contributed by atoms with Crippen molar-refractivity contribution in [3.05, 3.63) is 59.2 Å². The predicted molar refractivity (Wildman–Crippen MR) is 105 cm³/mol. The van der Waals surface area contributed by atoms with Crippen molar-refractivity contribution in [3.8, 4) is 11.5 Å². The number of carbonyl (C=O) groups excluding carboxylic acids is 1. The normalized spacial score (nSPS) is 11.1. The van der Waals surface area contributed by atoms with Crippen LogP contribution < -0.4 is 14.8 Å². The summed E-state index contributed by atoms with van der Waals surface area (Å²) in [6.45, 7) is 11.4. The Labute approximate surface area is 156 Å². The van der Waals surface area contributed by atoms with E-state index in [1.54, 1.807) is 0 Å². The van der Waals surface area contributed by atoms with E-state index in [2.05, 4.69) is 32.2 Å². The number of aryl methyl sites for hydroxylation is 2. The molecule has 2 aromatic carbocycles. The molecule has 0 radical (unpaired) electrons. The van der Waals surface area contributed by atoms with Crippen molar-refractivity contribution in [2.45, 2.75) is 40.0 Å². The molecule has 4 heteroatoms. The molecule has 0 fully saturated rings. The van der Waals surface area contributed by atoms with Crippen molar-refractivity contribution in [3.63, 3.8) is 0 Å². The van der Waals surface area contributed by atoms with Crippen LogP contribution in [0.15, 0.2) is 42.5 Å². The maximum Gasteiger partial charge on any atom is 0.258 e. The Bertz CT molecular complexity index is 730. The Balaban J connectivity index is 1.69. The lowest BCUT2D eigenvalue weighted by Gasteiger charge is -2.19. The number of rotatable bonds is 7. The lowest BCUT2D eigenvalue weighted by Crippen LogP contribution is -2.32. The summed E-state index contributed by atoms with van der Waals surface area (Å²) in [5, 5.41) is 2.80. The summed E-state index contributed by atoms with van der Waals surface area (Å²) >= 11 is 0. The van der Waals surface area contributed by atoms with Gasteiger partial charge in [0.2, 0.25) is 0 Å².